The average molecular weight is 429 g/mol. The van der Waals surface area contributed by atoms with E-state index in [1.54, 1.807) is 0 Å². The monoisotopic (exact) mass is 430 g/mol. The van der Waals surface area contributed by atoms with Crippen LogP contribution in [0.4, 0.5) is 0 Å². The normalized spacial score (nSPS) is 12.8. The molecule has 1 heterocycles. The molecule has 1 aromatic heterocycles. The van der Waals surface area contributed by atoms with Gasteiger partial charge in [0.25, 0.3) is 0 Å². The van der Waals surface area contributed by atoms with Gasteiger partial charge in [0.2, 0.25) is 0 Å². The molecule has 0 aliphatic heterocycles. The molecular formula is C19H38N2OSn. The summed E-state index contributed by atoms with van der Waals surface area (Å²) >= 11 is -2.46. The molecule has 0 aliphatic carbocycles. The van der Waals surface area contributed by atoms with Crippen LogP contribution in [0.3, 0.4) is 0 Å². The number of unbranched alkanes of at least 4 members (excludes halogenated alkanes) is 3. The van der Waals surface area contributed by atoms with Crippen LogP contribution in [0.25, 0.3) is 0 Å². The predicted octanol–water partition coefficient (Wildman–Crippen LogP) is 4.70. The van der Waals surface area contributed by atoms with Crippen LogP contribution in [0.2, 0.25) is 13.3 Å². The number of nitrogens with zero attached hydrogens (tertiary/aromatic N) is 2. The second-order valence-corrected chi connectivity index (χ2v) is 20.8. The molecule has 0 saturated heterocycles. The number of hydrogen-bond donors (Lipinski definition) is 1. The van der Waals surface area contributed by atoms with E-state index in [0.717, 1.165) is 5.82 Å². The number of imidazole rings is 1. The van der Waals surface area contributed by atoms with Crippen molar-refractivity contribution in [3.63, 3.8) is 0 Å². The van der Waals surface area contributed by atoms with Gasteiger partial charge in [0.1, 0.15) is 0 Å². The Morgan fingerprint density at radius 3 is 1.74 bits per heavy atom. The van der Waals surface area contributed by atoms with Crippen molar-refractivity contribution in [1.29, 1.82) is 0 Å². The van der Waals surface area contributed by atoms with E-state index < -0.39 is 24.0 Å². The molecule has 23 heavy (non-hydrogen) atoms. The standard InChI is InChI=1S/C7H11N2O.3C4H9.Sn/c1-7(2,10)6-8-4-5-9(6)3;3*1-3-4-2;/h5,10H,1-3H3;3*1,3-4H2,2H3;. The van der Waals surface area contributed by atoms with E-state index in [9.17, 15) is 5.11 Å². The third kappa shape index (κ3) is 5.77. The molecule has 0 atom stereocenters. The van der Waals surface area contributed by atoms with Gasteiger partial charge in [0.05, 0.1) is 0 Å². The van der Waals surface area contributed by atoms with Gasteiger partial charge in [0, 0.05) is 0 Å². The van der Waals surface area contributed by atoms with E-state index in [1.165, 1.54) is 55.5 Å². The second-order valence-electron chi connectivity index (χ2n) is 7.71. The Balaban J connectivity index is 3.24. The molecule has 0 radical (unpaired) electrons. The maximum atomic E-state index is 10.4. The average Bonchev–Trinajstić information content (AvgIpc) is 2.89. The van der Waals surface area contributed by atoms with Crippen LogP contribution in [0.1, 0.15) is 79.0 Å². The predicted molar refractivity (Wildman–Crippen MR) is 103 cm³/mol. The minimum atomic E-state index is -2.46. The molecule has 134 valence electrons. The van der Waals surface area contributed by atoms with Crippen LogP contribution in [0.5, 0.6) is 0 Å². The molecule has 0 aromatic carbocycles. The Kier molecular flexibility index (Phi) is 8.63. The number of aliphatic hydroxyl groups is 1. The SMILES string of the molecule is CCC[CH2][Sn]([CH2]CCC)([CH2]CCC)[c]1cn(C)c(C(C)(C)O)n1. The van der Waals surface area contributed by atoms with Crippen molar-refractivity contribution in [2.75, 3.05) is 0 Å². The summed E-state index contributed by atoms with van der Waals surface area (Å²) < 4.78 is 7.76. The molecule has 0 spiro atoms. The zero-order chi connectivity index (χ0) is 17.5. The van der Waals surface area contributed by atoms with Crippen molar-refractivity contribution in [1.82, 2.24) is 9.55 Å². The summed E-state index contributed by atoms with van der Waals surface area (Å²) in [6.45, 7) is 10.6. The van der Waals surface area contributed by atoms with Gasteiger partial charge >= 0.3 is 148 Å². The number of hydrogen-bond acceptors (Lipinski definition) is 2. The van der Waals surface area contributed by atoms with Crippen molar-refractivity contribution in [2.45, 2.75) is 92.1 Å². The van der Waals surface area contributed by atoms with E-state index in [1.807, 2.05) is 20.9 Å². The van der Waals surface area contributed by atoms with Gasteiger partial charge in [-0.1, -0.05) is 0 Å². The molecule has 0 saturated carbocycles. The third-order valence-electron chi connectivity index (χ3n) is 4.99. The molecule has 1 N–H and O–H groups in total. The first-order chi connectivity index (χ1) is 10.8. The Bertz CT molecular complexity index is 441. The number of rotatable bonds is 11. The summed E-state index contributed by atoms with van der Waals surface area (Å²) in [6.07, 6.45) is 10.1. The van der Waals surface area contributed by atoms with Crippen LogP contribution in [0, 0.1) is 0 Å². The fourth-order valence-corrected chi connectivity index (χ4v) is 19.1. The van der Waals surface area contributed by atoms with Crippen LogP contribution in [-0.2, 0) is 12.6 Å². The summed E-state index contributed by atoms with van der Waals surface area (Å²) in [6, 6.07) is 0. The first-order valence-corrected chi connectivity index (χ1v) is 17.1. The number of aromatic nitrogens is 2. The van der Waals surface area contributed by atoms with Crippen molar-refractivity contribution in [3.05, 3.63) is 12.0 Å². The van der Waals surface area contributed by atoms with Gasteiger partial charge in [-0.25, -0.2) is 0 Å². The molecule has 3 nitrogen and oxygen atoms in total. The van der Waals surface area contributed by atoms with Crippen molar-refractivity contribution in [2.24, 2.45) is 7.05 Å². The fraction of sp³-hybridized carbons (Fsp3) is 0.842. The molecule has 4 heteroatoms. The Hall–Kier alpha value is -0.0313. The molecule has 1 rings (SSSR count). The summed E-state index contributed by atoms with van der Waals surface area (Å²) in [7, 11) is 2.04. The maximum absolute atomic E-state index is 10.4. The molecule has 0 bridgehead atoms. The first-order valence-electron chi connectivity index (χ1n) is 9.57. The quantitative estimate of drug-likeness (QED) is 0.518. The topological polar surface area (TPSA) is 38.0 Å². The van der Waals surface area contributed by atoms with E-state index in [4.69, 9.17) is 4.98 Å². The summed E-state index contributed by atoms with van der Waals surface area (Å²) in [5, 5.41) is 10.4. The van der Waals surface area contributed by atoms with Crippen LogP contribution in [-0.4, -0.2) is 33.0 Å². The molecular weight excluding hydrogens is 391 g/mol. The van der Waals surface area contributed by atoms with E-state index >= 15 is 0 Å². The molecule has 0 unspecified atom stereocenters. The molecule has 1 aromatic rings. The van der Waals surface area contributed by atoms with E-state index in [2.05, 4.69) is 31.5 Å². The van der Waals surface area contributed by atoms with Gasteiger partial charge in [-0.05, 0) is 0 Å². The summed E-state index contributed by atoms with van der Waals surface area (Å²) in [5.41, 5.74) is -0.856. The Labute approximate surface area is 147 Å². The second kappa shape index (κ2) is 9.45. The van der Waals surface area contributed by atoms with E-state index in [-0.39, 0.29) is 0 Å². The fourth-order valence-electron chi connectivity index (χ4n) is 3.59. The summed E-state index contributed by atoms with van der Waals surface area (Å²) in [5.74, 6) is 0.832. The first kappa shape index (κ1) is 21.0. The van der Waals surface area contributed by atoms with Gasteiger partial charge in [0.15, 0.2) is 0 Å². The van der Waals surface area contributed by atoms with Crippen molar-refractivity contribution >= 4 is 22.1 Å². The van der Waals surface area contributed by atoms with Crippen LogP contribution >= 0.6 is 0 Å². The van der Waals surface area contributed by atoms with Gasteiger partial charge < -0.3 is 0 Å². The zero-order valence-electron chi connectivity index (χ0n) is 16.3. The number of aryl methyl sites for hydroxylation is 1. The Morgan fingerprint density at radius 1 is 1.00 bits per heavy atom. The van der Waals surface area contributed by atoms with Crippen molar-refractivity contribution in [3.8, 4) is 0 Å². The molecule has 0 aliphatic rings. The van der Waals surface area contributed by atoms with E-state index in [0.29, 0.717) is 0 Å². The van der Waals surface area contributed by atoms with Crippen molar-refractivity contribution < 1.29 is 5.11 Å². The Morgan fingerprint density at radius 2 is 1.43 bits per heavy atom. The minimum absolute atomic E-state index is 0.832. The zero-order valence-corrected chi connectivity index (χ0v) is 19.1. The molecule has 0 amide bonds. The van der Waals surface area contributed by atoms with Crippen LogP contribution in [0.15, 0.2) is 6.20 Å². The molecule has 0 fully saturated rings. The third-order valence-corrected chi connectivity index (χ3v) is 20.0. The van der Waals surface area contributed by atoms with Gasteiger partial charge in [-0.15, -0.1) is 0 Å². The van der Waals surface area contributed by atoms with Gasteiger partial charge in [-0.2, -0.15) is 0 Å². The van der Waals surface area contributed by atoms with Crippen LogP contribution < -0.4 is 3.71 Å². The van der Waals surface area contributed by atoms with Gasteiger partial charge in [-0.3, -0.25) is 0 Å². The summed E-state index contributed by atoms with van der Waals surface area (Å²) in [4.78, 5) is 5.02.